The Morgan fingerprint density at radius 1 is 0.183 bits per heavy atom. The Morgan fingerprint density at radius 3 is 0.794 bits per heavy atom. The van der Waals surface area contributed by atoms with E-state index >= 15 is 0 Å². The van der Waals surface area contributed by atoms with Crippen LogP contribution in [0.1, 0.15) is 43.0 Å². The van der Waals surface area contributed by atoms with Crippen molar-refractivity contribution in [2.75, 3.05) is 9.80 Å². The summed E-state index contributed by atoms with van der Waals surface area (Å²) in [4.78, 5) is 4.81. The minimum atomic E-state index is 0.0884. The van der Waals surface area contributed by atoms with Crippen molar-refractivity contribution < 1.29 is 0 Å². The molecule has 622 valence electrons. The monoisotopic (exact) mass is 1670 g/mol. The summed E-state index contributed by atoms with van der Waals surface area (Å²) < 4.78 is 4.76. The van der Waals surface area contributed by atoms with Crippen LogP contribution in [0.3, 0.4) is 0 Å². The number of hydrogen-bond acceptors (Lipinski definition) is 2. The highest BCUT2D eigenvalue weighted by Crippen LogP contribution is 2.51. The van der Waals surface area contributed by atoms with Gasteiger partial charge < -0.3 is 18.9 Å². The van der Waals surface area contributed by atoms with Crippen molar-refractivity contribution in [3.05, 3.63) is 483 Å². The molecule has 0 radical (unpaired) electrons. The molecule has 0 aliphatic carbocycles. The molecule has 0 bridgehead atoms. The molecule has 24 rings (SSSR count). The molecule has 0 saturated heterocycles. The Balaban J connectivity index is 0.000000149. The fraction of sp³-hybridized carbons (Fsp3) is 0.0551. The standard InChI is InChI=1S/C64H48N2.C63H46N2/c1-64(2,3)49-33-27-45(28-34-49)62-55-20-9-11-22-57(55)63(58-23-12-10-21-56(58)62)46-31-37-52(38-32-46)65(51-35-29-44(30-36-51)48-26-25-43-15-7-8-16-47(43)41-48)53-39-40-61-59(42-53)54-19-13-14-24-60(54)66(61)50-17-5-4-6-18-50;1-41-37-42(2)61(43(3)38-41)63-56-22-11-9-20-54(56)62(55-21-10-12-23-57(55)63)46-29-33-51(34-30-46)64(50-31-27-45(28-32-50)48-26-25-44-15-7-8-16-47(44)39-48)52-35-36-60-58(40-52)53-19-13-14-24-59(53)65(60)49-17-5-4-6-18-49/h4-42H,1-3H3;4-40H,1-3H3. The molecule has 0 spiro atoms. The van der Waals surface area contributed by atoms with Gasteiger partial charge in [-0.05, 0) is 308 Å². The SMILES string of the molecule is CC(C)(C)c1ccc(-c2c3ccccc3c(-c3ccc(N(c4ccc(-c5ccc6ccccc6c5)cc4)c4ccc5c(c4)c4ccccc4n5-c4ccccc4)cc3)c3ccccc23)cc1.Cc1cc(C)c(-c2c3ccccc3c(-c3ccc(N(c4ccc(-c5ccc6ccccc6c5)cc4)c4ccc5c(c4)c4ccccc4n5-c4ccccc4)cc3)c3ccccc23)c(C)c1. The molecule has 22 aromatic carbocycles. The molecule has 4 nitrogen and oxygen atoms in total. The topological polar surface area (TPSA) is 16.3 Å². The Kier molecular flexibility index (Phi) is 19.8. The van der Waals surface area contributed by atoms with E-state index < -0.39 is 0 Å². The average molecular weight is 1680 g/mol. The Bertz CT molecular complexity index is 8410. The van der Waals surface area contributed by atoms with Crippen LogP contribution in [0.15, 0.2) is 461 Å². The lowest BCUT2D eigenvalue weighted by Crippen LogP contribution is -2.10. The minimum Gasteiger partial charge on any atom is -0.310 e. The van der Waals surface area contributed by atoms with Crippen LogP contribution in [0.5, 0.6) is 0 Å². The second-order valence-corrected chi connectivity index (χ2v) is 36.0. The zero-order chi connectivity index (χ0) is 88.0. The van der Waals surface area contributed by atoms with Crippen LogP contribution in [0.4, 0.5) is 34.1 Å². The summed E-state index contributed by atoms with van der Waals surface area (Å²) in [6.45, 7) is 13.5. The zero-order valence-corrected chi connectivity index (χ0v) is 74.2. The van der Waals surface area contributed by atoms with E-state index in [4.69, 9.17) is 0 Å². The van der Waals surface area contributed by atoms with Crippen molar-refractivity contribution in [2.24, 2.45) is 0 Å². The Labute approximate surface area is 764 Å². The molecule has 0 saturated carbocycles. The summed E-state index contributed by atoms with van der Waals surface area (Å²) in [6.07, 6.45) is 0. The third kappa shape index (κ3) is 14.2. The number of fused-ring (bicyclic) bond motifs is 12. The fourth-order valence-electron chi connectivity index (χ4n) is 20.9. The first-order chi connectivity index (χ1) is 64.3. The molecule has 0 N–H and O–H groups in total. The molecule has 0 unspecified atom stereocenters. The highest BCUT2D eigenvalue weighted by Gasteiger charge is 2.26. The third-order valence-corrected chi connectivity index (χ3v) is 26.9. The predicted octanol–water partition coefficient (Wildman–Crippen LogP) is 35.7. The van der Waals surface area contributed by atoms with Gasteiger partial charge in [-0.25, -0.2) is 0 Å². The third-order valence-electron chi connectivity index (χ3n) is 26.9. The summed E-state index contributed by atoms with van der Waals surface area (Å²) in [5.41, 5.74) is 33.8. The fourth-order valence-corrected chi connectivity index (χ4v) is 20.9. The minimum absolute atomic E-state index is 0.0884. The van der Waals surface area contributed by atoms with Gasteiger partial charge >= 0.3 is 0 Å². The Morgan fingerprint density at radius 2 is 0.450 bits per heavy atom. The smallest absolute Gasteiger partial charge is 0.0542 e. The van der Waals surface area contributed by atoms with Crippen LogP contribution in [0, 0.1) is 20.8 Å². The summed E-state index contributed by atoms with van der Waals surface area (Å²) in [5, 5.41) is 20.0. The lowest BCUT2D eigenvalue weighted by Gasteiger charge is -2.26. The van der Waals surface area contributed by atoms with E-state index in [2.05, 4.69) is 522 Å². The maximum absolute atomic E-state index is 2.41. The first-order valence-corrected chi connectivity index (χ1v) is 45.6. The largest absolute Gasteiger partial charge is 0.310 e. The van der Waals surface area contributed by atoms with Crippen molar-refractivity contribution >= 4 is 142 Å². The molecule has 0 atom stereocenters. The van der Waals surface area contributed by atoms with Gasteiger partial charge in [0.05, 0.1) is 22.1 Å². The van der Waals surface area contributed by atoms with Crippen LogP contribution in [0.2, 0.25) is 0 Å². The number of benzene rings is 22. The molecule has 0 aliphatic rings. The molecule has 2 aromatic heterocycles. The van der Waals surface area contributed by atoms with E-state index in [0.717, 1.165) is 45.5 Å². The summed E-state index contributed by atoms with van der Waals surface area (Å²) >= 11 is 0. The molecule has 0 aliphatic heterocycles. The van der Waals surface area contributed by atoms with Gasteiger partial charge in [-0.15, -0.1) is 0 Å². The van der Waals surface area contributed by atoms with E-state index in [9.17, 15) is 0 Å². The van der Waals surface area contributed by atoms with Crippen molar-refractivity contribution in [1.29, 1.82) is 0 Å². The van der Waals surface area contributed by atoms with Crippen LogP contribution in [-0.4, -0.2) is 9.13 Å². The van der Waals surface area contributed by atoms with Crippen molar-refractivity contribution in [1.82, 2.24) is 9.13 Å². The van der Waals surface area contributed by atoms with Gasteiger partial charge in [-0.3, -0.25) is 0 Å². The first-order valence-electron chi connectivity index (χ1n) is 45.6. The predicted molar refractivity (Wildman–Crippen MR) is 561 cm³/mol. The van der Waals surface area contributed by atoms with E-state index in [-0.39, 0.29) is 5.41 Å². The van der Waals surface area contributed by atoms with Gasteiger partial charge in [0.15, 0.2) is 0 Å². The van der Waals surface area contributed by atoms with E-state index in [1.807, 2.05) is 0 Å². The molecule has 2 heterocycles. The molecule has 0 amide bonds. The van der Waals surface area contributed by atoms with Gasteiger partial charge in [0, 0.05) is 67.0 Å². The second kappa shape index (κ2) is 32.8. The molecule has 4 heteroatoms. The van der Waals surface area contributed by atoms with Crippen molar-refractivity contribution in [3.8, 4) is 78.1 Å². The van der Waals surface area contributed by atoms with Gasteiger partial charge in [-0.1, -0.05) is 354 Å². The molecular formula is C127H94N4. The first kappa shape index (κ1) is 79.3. The number of nitrogens with zero attached hydrogens (tertiary/aromatic N) is 4. The van der Waals surface area contributed by atoms with Crippen molar-refractivity contribution in [2.45, 2.75) is 47.0 Å². The highest BCUT2D eigenvalue weighted by atomic mass is 15.1. The zero-order valence-electron chi connectivity index (χ0n) is 74.2. The summed E-state index contributed by atoms with van der Waals surface area (Å²) in [7, 11) is 0. The van der Waals surface area contributed by atoms with Crippen molar-refractivity contribution in [3.63, 3.8) is 0 Å². The second-order valence-electron chi connectivity index (χ2n) is 36.0. The van der Waals surface area contributed by atoms with Gasteiger partial charge in [0.1, 0.15) is 0 Å². The quantitative estimate of drug-likeness (QED) is 0.101. The van der Waals surface area contributed by atoms with Crippen LogP contribution in [0.25, 0.3) is 186 Å². The lowest BCUT2D eigenvalue weighted by molar-refractivity contribution is 0.590. The van der Waals surface area contributed by atoms with Crippen LogP contribution in [-0.2, 0) is 5.41 Å². The number of aromatic nitrogens is 2. The summed E-state index contributed by atoms with van der Waals surface area (Å²) in [6, 6.07) is 170. The van der Waals surface area contributed by atoms with Gasteiger partial charge in [-0.2, -0.15) is 0 Å². The average Bonchev–Trinajstić information content (AvgIpc) is 1.29. The molecule has 24 aromatic rings. The maximum atomic E-state index is 2.41. The van der Waals surface area contributed by atoms with E-state index in [0.29, 0.717) is 0 Å². The van der Waals surface area contributed by atoms with Crippen LogP contribution >= 0.6 is 0 Å². The van der Waals surface area contributed by atoms with E-state index in [1.165, 1.54) is 197 Å². The maximum Gasteiger partial charge on any atom is 0.0542 e. The van der Waals surface area contributed by atoms with E-state index in [1.54, 1.807) is 0 Å². The molecule has 131 heavy (non-hydrogen) atoms. The van der Waals surface area contributed by atoms with Gasteiger partial charge in [0.2, 0.25) is 0 Å². The number of para-hydroxylation sites is 4. The highest BCUT2D eigenvalue weighted by molar-refractivity contribution is 6.24. The lowest BCUT2D eigenvalue weighted by atomic mass is 9.83. The molecule has 0 fully saturated rings. The number of anilines is 6. The normalized spacial score (nSPS) is 11.7. The number of hydrogen-bond donors (Lipinski definition) is 0. The summed E-state index contributed by atoms with van der Waals surface area (Å²) in [5.74, 6) is 0. The molecular weight excluding hydrogens is 1580 g/mol. The Hall–Kier alpha value is -16.4. The number of aryl methyl sites for hydroxylation is 3. The van der Waals surface area contributed by atoms with Gasteiger partial charge in [0.25, 0.3) is 0 Å². The van der Waals surface area contributed by atoms with Crippen LogP contribution < -0.4 is 9.80 Å². The number of rotatable bonds is 14.